The van der Waals surface area contributed by atoms with Gasteiger partial charge in [0.25, 0.3) is 0 Å². The van der Waals surface area contributed by atoms with Gasteiger partial charge in [-0.15, -0.1) is 0 Å². The summed E-state index contributed by atoms with van der Waals surface area (Å²) >= 11 is 0. The second kappa shape index (κ2) is 8.80. The lowest BCUT2D eigenvalue weighted by Crippen LogP contribution is -1.99. The Balaban J connectivity index is 0.000000415. The molecule has 17 heavy (non-hydrogen) atoms. The Bertz CT molecular complexity index is 301. The minimum absolute atomic E-state index is 0.113. The highest BCUT2D eigenvalue weighted by Gasteiger charge is 1.99. The van der Waals surface area contributed by atoms with Crippen molar-refractivity contribution in [2.75, 3.05) is 7.11 Å². The molecule has 2 rings (SSSR count). The average molecular weight is 234 g/mol. The highest BCUT2D eigenvalue weighted by Crippen LogP contribution is 2.14. The Hall–Kier alpha value is -1.31. The molecule has 0 heterocycles. The van der Waals surface area contributed by atoms with Crippen molar-refractivity contribution in [3.8, 4) is 0 Å². The molecule has 0 spiro atoms. The molecule has 1 aliphatic rings. The SMILES string of the molecule is C1CC1.COC(=O)CCCCc1ccccc1. The molecule has 94 valence electrons. The maximum atomic E-state index is 10.8. The van der Waals surface area contributed by atoms with Crippen molar-refractivity contribution >= 4 is 5.97 Å². The monoisotopic (exact) mass is 234 g/mol. The highest BCUT2D eigenvalue weighted by atomic mass is 16.5. The molecule has 0 N–H and O–H groups in total. The van der Waals surface area contributed by atoms with Crippen LogP contribution in [0.4, 0.5) is 0 Å². The van der Waals surface area contributed by atoms with Gasteiger partial charge < -0.3 is 4.74 Å². The number of hydrogen-bond acceptors (Lipinski definition) is 2. The minimum Gasteiger partial charge on any atom is -0.469 e. The van der Waals surface area contributed by atoms with Gasteiger partial charge in [-0.1, -0.05) is 49.6 Å². The molecule has 0 amide bonds. The highest BCUT2D eigenvalue weighted by molar-refractivity contribution is 5.68. The number of carbonyl (C=O) groups is 1. The second-order valence-corrected chi connectivity index (χ2v) is 4.33. The van der Waals surface area contributed by atoms with Crippen LogP contribution in [0, 0.1) is 0 Å². The standard InChI is InChI=1S/C12H16O2.C3H6/c1-14-12(13)10-6-5-9-11-7-3-2-4-8-11;1-2-3-1/h2-4,7-8H,5-6,9-10H2,1H3;1-3H2. The van der Waals surface area contributed by atoms with Gasteiger partial charge in [0.2, 0.25) is 0 Å². The van der Waals surface area contributed by atoms with Crippen LogP contribution < -0.4 is 0 Å². The van der Waals surface area contributed by atoms with Crippen molar-refractivity contribution < 1.29 is 9.53 Å². The van der Waals surface area contributed by atoms with Crippen LogP contribution in [0.15, 0.2) is 30.3 Å². The molecule has 1 fully saturated rings. The van der Waals surface area contributed by atoms with E-state index in [2.05, 4.69) is 16.9 Å². The van der Waals surface area contributed by atoms with Crippen LogP contribution in [0.5, 0.6) is 0 Å². The number of hydrogen-bond donors (Lipinski definition) is 0. The maximum absolute atomic E-state index is 10.8. The molecule has 2 nitrogen and oxygen atoms in total. The van der Waals surface area contributed by atoms with E-state index in [1.54, 1.807) is 0 Å². The van der Waals surface area contributed by atoms with Crippen molar-refractivity contribution in [2.24, 2.45) is 0 Å². The second-order valence-electron chi connectivity index (χ2n) is 4.33. The summed E-state index contributed by atoms with van der Waals surface area (Å²) in [6, 6.07) is 10.3. The van der Waals surface area contributed by atoms with Crippen LogP contribution in [0.25, 0.3) is 0 Å². The molecule has 0 bridgehead atoms. The van der Waals surface area contributed by atoms with Crippen molar-refractivity contribution in [1.82, 2.24) is 0 Å². The maximum Gasteiger partial charge on any atom is 0.305 e. The fraction of sp³-hybridized carbons (Fsp3) is 0.533. The number of aryl methyl sites for hydroxylation is 1. The summed E-state index contributed by atoms with van der Waals surface area (Å²) in [5, 5.41) is 0. The fourth-order valence-electron chi connectivity index (χ4n) is 1.35. The summed E-state index contributed by atoms with van der Waals surface area (Å²) in [6.45, 7) is 0. The first-order chi connectivity index (χ1) is 8.33. The Labute approximate surface area is 104 Å². The fourth-order valence-corrected chi connectivity index (χ4v) is 1.35. The number of rotatable bonds is 5. The summed E-state index contributed by atoms with van der Waals surface area (Å²) in [4.78, 5) is 10.8. The molecule has 1 aliphatic carbocycles. The lowest BCUT2D eigenvalue weighted by molar-refractivity contribution is -0.140. The van der Waals surface area contributed by atoms with Gasteiger partial charge in [-0.2, -0.15) is 0 Å². The van der Waals surface area contributed by atoms with E-state index in [1.165, 1.54) is 31.9 Å². The first-order valence-corrected chi connectivity index (χ1v) is 6.43. The van der Waals surface area contributed by atoms with Crippen molar-refractivity contribution in [2.45, 2.75) is 44.9 Å². The van der Waals surface area contributed by atoms with Crippen LogP contribution in [0.1, 0.15) is 44.1 Å². The summed E-state index contributed by atoms with van der Waals surface area (Å²) in [7, 11) is 1.43. The van der Waals surface area contributed by atoms with Crippen LogP contribution in [0.3, 0.4) is 0 Å². The number of benzene rings is 1. The van der Waals surface area contributed by atoms with Gasteiger partial charge in [-0.25, -0.2) is 0 Å². The average Bonchev–Trinajstić information content (AvgIpc) is 3.23. The predicted molar refractivity (Wildman–Crippen MR) is 69.9 cm³/mol. The van der Waals surface area contributed by atoms with E-state index in [4.69, 9.17) is 0 Å². The Morgan fingerprint density at radius 1 is 1.12 bits per heavy atom. The number of unbranched alkanes of at least 4 members (excludes halogenated alkanes) is 1. The molecule has 2 heteroatoms. The van der Waals surface area contributed by atoms with Crippen molar-refractivity contribution in [3.05, 3.63) is 35.9 Å². The molecule has 0 radical (unpaired) electrons. The zero-order chi connectivity index (χ0) is 12.3. The molecule has 0 unspecified atom stereocenters. The zero-order valence-electron chi connectivity index (χ0n) is 10.7. The zero-order valence-corrected chi connectivity index (χ0v) is 10.7. The van der Waals surface area contributed by atoms with Crippen LogP contribution >= 0.6 is 0 Å². The largest absolute Gasteiger partial charge is 0.469 e. The van der Waals surface area contributed by atoms with E-state index in [9.17, 15) is 4.79 Å². The van der Waals surface area contributed by atoms with Crippen LogP contribution in [-0.4, -0.2) is 13.1 Å². The van der Waals surface area contributed by atoms with E-state index in [-0.39, 0.29) is 5.97 Å². The molecule has 1 saturated carbocycles. The topological polar surface area (TPSA) is 26.3 Å². The van der Waals surface area contributed by atoms with Crippen LogP contribution in [-0.2, 0) is 16.0 Å². The summed E-state index contributed by atoms with van der Waals surface area (Å²) in [5.74, 6) is -0.113. The van der Waals surface area contributed by atoms with E-state index < -0.39 is 0 Å². The van der Waals surface area contributed by atoms with Gasteiger partial charge in [0.1, 0.15) is 0 Å². The van der Waals surface area contributed by atoms with Gasteiger partial charge in [0, 0.05) is 6.42 Å². The van der Waals surface area contributed by atoms with Crippen molar-refractivity contribution in [1.29, 1.82) is 0 Å². The molecule has 0 saturated heterocycles. The third-order valence-electron chi connectivity index (χ3n) is 2.52. The van der Waals surface area contributed by atoms with E-state index in [1.807, 2.05) is 18.2 Å². The van der Waals surface area contributed by atoms with E-state index in [0.717, 1.165) is 19.3 Å². The van der Waals surface area contributed by atoms with Gasteiger partial charge in [0.05, 0.1) is 7.11 Å². The molecule has 0 aliphatic heterocycles. The smallest absolute Gasteiger partial charge is 0.305 e. The quantitative estimate of drug-likeness (QED) is 0.573. The minimum atomic E-state index is -0.113. The molecule has 0 aromatic heterocycles. The third kappa shape index (κ3) is 8.49. The van der Waals surface area contributed by atoms with Gasteiger partial charge in [0.15, 0.2) is 0 Å². The predicted octanol–water partition coefficient (Wildman–Crippen LogP) is 3.74. The number of carbonyl (C=O) groups excluding carboxylic acids is 1. The lowest BCUT2D eigenvalue weighted by Gasteiger charge is -2.00. The molecule has 0 atom stereocenters. The van der Waals surface area contributed by atoms with E-state index in [0.29, 0.717) is 6.42 Å². The normalized spacial score (nSPS) is 12.3. The Kier molecular flexibility index (Phi) is 7.12. The summed E-state index contributed by atoms with van der Waals surface area (Å²) in [5.41, 5.74) is 1.33. The first-order valence-electron chi connectivity index (χ1n) is 6.43. The Morgan fingerprint density at radius 2 is 1.76 bits per heavy atom. The number of methoxy groups -OCH3 is 1. The third-order valence-corrected chi connectivity index (χ3v) is 2.52. The number of ether oxygens (including phenoxy) is 1. The number of esters is 1. The van der Waals surface area contributed by atoms with Gasteiger partial charge in [-0.3, -0.25) is 4.79 Å². The van der Waals surface area contributed by atoms with Gasteiger partial charge >= 0.3 is 5.97 Å². The Morgan fingerprint density at radius 3 is 2.29 bits per heavy atom. The molecule has 1 aromatic rings. The molecular formula is C15H22O2. The summed E-state index contributed by atoms with van der Waals surface area (Å²) < 4.78 is 4.56. The van der Waals surface area contributed by atoms with Crippen molar-refractivity contribution in [3.63, 3.8) is 0 Å². The first kappa shape index (κ1) is 13.8. The lowest BCUT2D eigenvalue weighted by atomic mass is 10.1. The van der Waals surface area contributed by atoms with Gasteiger partial charge in [-0.05, 0) is 24.8 Å². The van der Waals surface area contributed by atoms with E-state index >= 15 is 0 Å². The van der Waals surface area contributed by atoms with Crippen LogP contribution in [0.2, 0.25) is 0 Å². The molecular weight excluding hydrogens is 212 g/mol. The summed E-state index contributed by atoms with van der Waals surface area (Å²) in [6.07, 6.45) is 8.02. The molecule has 1 aromatic carbocycles.